The highest BCUT2D eigenvalue weighted by Gasteiger charge is 2.09. The summed E-state index contributed by atoms with van der Waals surface area (Å²) in [7, 11) is 3.35. The Hall–Kier alpha value is -7.22. The van der Waals surface area contributed by atoms with E-state index < -0.39 is 0 Å². The van der Waals surface area contributed by atoms with Crippen LogP contribution in [0.25, 0.3) is 66.3 Å². The second-order valence-electron chi connectivity index (χ2n) is 14.4. The van der Waals surface area contributed by atoms with Crippen LogP contribution >= 0.6 is 38.5 Å². The maximum absolute atomic E-state index is 9.64. The fourth-order valence-corrected chi connectivity index (χ4v) is 7.87. The molecule has 0 radical (unpaired) electrons. The molecule has 0 atom stereocenters. The third-order valence-corrected chi connectivity index (χ3v) is 11.3. The fraction of sp³-hybridized carbons (Fsp3) is 0.0377. The van der Waals surface area contributed by atoms with E-state index in [-0.39, 0.29) is 5.75 Å². The molecule has 316 valence electrons. The molecular formula is C53H42BrIN6O3. The van der Waals surface area contributed by atoms with Crippen molar-refractivity contribution in [1.82, 2.24) is 29.8 Å². The molecule has 3 heterocycles. The van der Waals surface area contributed by atoms with Gasteiger partial charge in [-0.05, 0) is 130 Å². The molecule has 11 aromatic rings. The van der Waals surface area contributed by atoms with Crippen molar-refractivity contribution in [3.05, 3.63) is 215 Å². The highest BCUT2D eigenvalue weighted by molar-refractivity contribution is 14.1. The minimum Gasteiger partial charge on any atom is -0.508 e. The van der Waals surface area contributed by atoms with Gasteiger partial charge in [-0.15, -0.1) is 0 Å². The van der Waals surface area contributed by atoms with Crippen molar-refractivity contribution in [2.75, 3.05) is 14.2 Å². The summed E-state index contributed by atoms with van der Waals surface area (Å²) >= 11 is 5.62. The first kappa shape index (κ1) is 43.4. The summed E-state index contributed by atoms with van der Waals surface area (Å²) in [4.78, 5) is 0. The summed E-state index contributed by atoms with van der Waals surface area (Å²) in [6, 6.07) is 62.3. The second kappa shape index (κ2) is 20.8. The number of rotatable bonds is 6. The van der Waals surface area contributed by atoms with Crippen molar-refractivity contribution in [1.29, 1.82) is 0 Å². The van der Waals surface area contributed by atoms with E-state index in [1.807, 2.05) is 125 Å². The normalized spacial score (nSPS) is 10.6. The van der Waals surface area contributed by atoms with Gasteiger partial charge in [0.15, 0.2) is 0 Å². The van der Waals surface area contributed by atoms with Crippen molar-refractivity contribution >= 4 is 71.2 Å². The maximum atomic E-state index is 9.64. The Morgan fingerprint density at radius 2 is 1.05 bits per heavy atom. The Kier molecular flexibility index (Phi) is 14.1. The lowest BCUT2D eigenvalue weighted by Crippen LogP contribution is -1.96. The first-order valence-corrected chi connectivity index (χ1v) is 22.1. The van der Waals surface area contributed by atoms with E-state index in [0.717, 1.165) is 60.1 Å². The van der Waals surface area contributed by atoms with Gasteiger partial charge >= 0.3 is 0 Å². The standard InChI is InChI=1S/C20H16N2O.C19H14N2O.C7H5BrN2.C7H7IO/c1-23-19-9-5-8-18(13-19)22-20-11-10-16(12-17(20)14-21-22)15-6-3-2-4-7-15;22-18-8-4-7-17(12-18)21-19-10-9-15(11-16(19)13-20-21)14-5-2-1-3-6-14;8-6-1-2-7-5(3-6)4-9-10-7;1-9-7-4-2-3-6(8)5-7/h2-14H,1H3;1-13,22H;1-4H,(H,9,10);2-5H,1H3. The molecule has 3 aromatic heterocycles. The summed E-state index contributed by atoms with van der Waals surface area (Å²) in [5.41, 5.74) is 9.78. The van der Waals surface area contributed by atoms with Gasteiger partial charge in [0.25, 0.3) is 0 Å². The topological polar surface area (TPSA) is 103 Å². The zero-order chi connectivity index (χ0) is 44.3. The van der Waals surface area contributed by atoms with Gasteiger partial charge in [0.1, 0.15) is 17.2 Å². The number of aromatic amines is 1. The molecule has 0 saturated heterocycles. The Balaban J connectivity index is 0.000000126. The van der Waals surface area contributed by atoms with Crippen molar-refractivity contribution in [2.24, 2.45) is 0 Å². The van der Waals surface area contributed by atoms with Crippen LogP contribution in [-0.2, 0) is 0 Å². The van der Waals surface area contributed by atoms with Gasteiger partial charge in [0.2, 0.25) is 0 Å². The summed E-state index contributed by atoms with van der Waals surface area (Å²) in [6.07, 6.45) is 5.56. The SMILES string of the molecule is Brc1ccc2[nH]ncc2c1.COc1cccc(-n2ncc3cc(-c4ccccc4)ccc32)c1.COc1cccc(I)c1.Oc1cccc(-n2ncc3cc(-c4ccccc4)ccc32)c1. The summed E-state index contributed by atoms with van der Waals surface area (Å²) in [6.45, 7) is 0. The van der Waals surface area contributed by atoms with Crippen molar-refractivity contribution in [3.8, 4) is 50.9 Å². The number of phenolic OH excluding ortho intramolecular Hbond substituents is 1. The van der Waals surface area contributed by atoms with E-state index in [1.165, 1.54) is 25.8 Å². The van der Waals surface area contributed by atoms with Crippen molar-refractivity contribution in [3.63, 3.8) is 0 Å². The summed E-state index contributed by atoms with van der Waals surface area (Å²) in [5.74, 6) is 1.98. The number of fused-ring (bicyclic) bond motifs is 3. The van der Waals surface area contributed by atoms with Gasteiger partial charge in [-0.3, -0.25) is 5.10 Å². The third kappa shape index (κ3) is 10.7. The number of aromatic nitrogens is 6. The van der Waals surface area contributed by atoms with Gasteiger partial charge in [-0.1, -0.05) is 107 Å². The van der Waals surface area contributed by atoms with Gasteiger partial charge in [-0.25, -0.2) is 9.36 Å². The molecule has 64 heavy (non-hydrogen) atoms. The molecule has 9 nitrogen and oxygen atoms in total. The number of halogens is 2. The molecule has 0 aliphatic heterocycles. The molecule has 0 aliphatic rings. The molecule has 11 heteroatoms. The minimum absolute atomic E-state index is 0.238. The first-order chi connectivity index (χ1) is 31.3. The average Bonchev–Trinajstić information content (AvgIpc) is 4.11. The molecule has 0 fully saturated rings. The molecule has 0 amide bonds. The van der Waals surface area contributed by atoms with Crippen LogP contribution in [0.4, 0.5) is 0 Å². The lowest BCUT2D eigenvalue weighted by Gasteiger charge is -2.07. The molecule has 8 aromatic carbocycles. The van der Waals surface area contributed by atoms with Crippen LogP contribution in [0.1, 0.15) is 0 Å². The van der Waals surface area contributed by atoms with Crippen LogP contribution in [0.3, 0.4) is 0 Å². The highest BCUT2D eigenvalue weighted by atomic mass is 127. The Bertz CT molecular complexity index is 3260. The lowest BCUT2D eigenvalue weighted by molar-refractivity contribution is 0.414. The number of ether oxygens (including phenoxy) is 2. The molecule has 0 saturated carbocycles. The summed E-state index contributed by atoms with van der Waals surface area (Å²) in [5, 5.41) is 28.7. The lowest BCUT2D eigenvalue weighted by atomic mass is 10.0. The van der Waals surface area contributed by atoms with Gasteiger partial charge < -0.3 is 14.6 Å². The maximum Gasteiger partial charge on any atom is 0.121 e. The molecule has 0 aliphatic carbocycles. The predicted octanol–water partition coefficient (Wildman–Crippen LogP) is 13.7. The predicted molar refractivity (Wildman–Crippen MR) is 271 cm³/mol. The number of nitrogens with zero attached hydrogens (tertiary/aromatic N) is 5. The number of hydrogen-bond acceptors (Lipinski definition) is 6. The zero-order valence-electron chi connectivity index (χ0n) is 34.9. The quantitative estimate of drug-likeness (QED) is 0.161. The van der Waals surface area contributed by atoms with Crippen LogP contribution in [0, 0.1) is 3.57 Å². The highest BCUT2D eigenvalue weighted by Crippen LogP contribution is 2.28. The Morgan fingerprint density at radius 1 is 0.500 bits per heavy atom. The Labute approximate surface area is 392 Å². The van der Waals surface area contributed by atoms with Crippen molar-refractivity contribution < 1.29 is 14.6 Å². The number of hydrogen-bond donors (Lipinski definition) is 2. The third-order valence-electron chi connectivity index (χ3n) is 10.2. The molecule has 0 bridgehead atoms. The largest absolute Gasteiger partial charge is 0.508 e. The van der Waals surface area contributed by atoms with Crippen LogP contribution in [-0.4, -0.2) is 49.1 Å². The number of nitrogens with one attached hydrogen (secondary N) is 1. The molecule has 0 unspecified atom stereocenters. The monoisotopic (exact) mass is 1020 g/mol. The number of benzene rings is 8. The zero-order valence-corrected chi connectivity index (χ0v) is 38.6. The van der Waals surface area contributed by atoms with E-state index in [1.54, 1.807) is 32.5 Å². The van der Waals surface area contributed by atoms with E-state index in [0.29, 0.717) is 0 Å². The first-order valence-electron chi connectivity index (χ1n) is 20.2. The van der Waals surface area contributed by atoms with Gasteiger partial charge in [-0.2, -0.15) is 15.3 Å². The second-order valence-corrected chi connectivity index (χ2v) is 16.5. The number of methoxy groups -OCH3 is 2. The number of H-pyrrole nitrogens is 1. The van der Waals surface area contributed by atoms with E-state index in [9.17, 15) is 5.11 Å². The average molecular weight is 1020 g/mol. The summed E-state index contributed by atoms with van der Waals surface area (Å²) < 4.78 is 16.4. The molecular weight excluding hydrogens is 975 g/mol. The molecule has 2 N–H and O–H groups in total. The van der Waals surface area contributed by atoms with E-state index in [2.05, 4.69) is 132 Å². The van der Waals surface area contributed by atoms with E-state index in [4.69, 9.17) is 9.47 Å². The smallest absolute Gasteiger partial charge is 0.121 e. The van der Waals surface area contributed by atoms with Crippen LogP contribution in [0.15, 0.2) is 211 Å². The molecule has 11 rings (SSSR count). The van der Waals surface area contributed by atoms with Crippen LogP contribution < -0.4 is 9.47 Å². The molecule has 0 spiro atoms. The number of phenols is 1. The van der Waals surface area contributed by atoms with Crippen LogP contribution in [0.2, 0.25) is 0 Å². The Morgan fingerprint density at radius 3 is 1.59 bits per heavy atom. The van der Waals surface area contributed by atoms with E-state index >= 15 is 0 Å². The van der Waals surface area contributed by atoms with Gasteiger partial charge in [0, 0.05) is 36.3 Å². The number of aromatic hydroxyl groups is 1. The van der Waals surface area contributed by atoms with Gasteiger partial charge in [0.05, 0.1) is 60.7 Å². The fourth-order valence-electron chi connectivity index (χ4n) is 6.97. The van der Waals surface area contributed by atoms with Crippen LogP contribution in [0.5, 0.6) is 17.2 Å². The van der Waals surface area contributed by atoms with Crippen molar-refractivity contribution in [2.45, 2.75) is 0 Å². The minimum atomic E-state index is 0.238.